The van der Waals surface area contributed by atoms with E-state index in [4.69, 9.17) is 15.0 Å². The van der Waals surface area contributed by atoms with E-state index in [1.165, 1.54) is 11.1 Å². The van der Waals surface area contributed by atoms with Crippen LogP contribution in [0.2, 0.25) is 0 Å². The van der Waals surface area contributed by atoms with Gasteiger partial charge in [-0.1, -0.05) is 152 Å². The molecule has 0 amide bonds. The Balaban J connectivity index is 1.28. The number of hydrogen-bond donors (Lipinski definition) is 0. The van der Waals surface area contributed by atoms with Gasteiger partial charge in [0, 0.05) is 27.8 Å². The Labute approximate surface area is 266 Å². The first-order valence-electron chi connectivity index (χ1n) is 15.0. The third-order valence-corrected chi connectivity index (χ3v) is 9.05. The van der Waals surface area contributed by atoms with Crippen LogP contribution in [0.5, 0.6) is 0 Å². The molecular weight excluding hydrogens is 567 g/mol. The number of benzene rings is 6. The lowest BCUT2D eigenvalue weighted by atomic mass is 9.95. The molecular formula is C41H27N3S. The monoisotopic (exact) mass is 593 g/mol. The van der Waals surface area contributed by atoms with E-state index in [2.05, 4.69) is 133 Å². The van der Waals surface area contributed by atoms with Crippen molar-refractivity contribution in [2.75, 3.05) is 0 Å². The lowest BCUT2D eigenvalue weighted by Crippen LogP contribution is -1.97. The maximum absolute atomic E-state index is 5.15. The van der Waals surface area contributed by atoms with Gasteiger partial charge < -0.3 is 0 Å². The fourth-order valence-corrected chi connectivity index (χ4v) is 6.72. The fourth-order valence-electron chi connectivity index (χ4n) is 5.72. The number of para-hydroxylation sites is 1. The Hall–Kier alpha value is -5.71. The number of hydrogen-bond acceptors (Lipinski definition) is 4. The summed E-state index contributed by atoms with van der Waals surface area (Å²) in [5, 5.41) is 1.02. The van der Waals surface area contributed by atoms with Crippen molar-refractivity contribution in [2.45, 2.75) is 0 Å². The molecule has 0 spiro atoms. The summed E-state index contributed by atoms with van der Waals surface area (Å²) in [5.74, 6) is 0.697. The molecule has 0 saturated heterocycles. The number of nitrogens with zero attached hydrogens (tertiary/aromatic N) is 3. The summed E-state index contributed by atoms with van der Waals surface area (Å²) in [4.78, 5) is 15.4. The van der Waals surface area contributed by atoms with Crippen LogP contribution in [-0.2, 0) is 0 Å². The van der Waals surface area contributed by atoms with E-state index < -0.39 is 0 Å². The van der Waals surface area contributed by atoms with Gasteiger partial charge in [-0.2, -0.15) is 0 Å². The molecule has 0 radical (unpaired) electrons. The van der Waals surface area contributed by atoms with Crippen molar-refractivity contribution < 1.29 is 0 Å². The van der Waals surface area contributed by atoms with Gasteiger partial charge in [0.2, 0.25) is 0 Å². The maximum Gasteiger partial charge on any atom is 0.160 e. The molecule has 212 valence electrons. The van der Waals surface area contributed by atoms with Gasteiger partial charge in [0.25, 0.3) is 0 Å². The van der Waals surface area contributed by atoms with Crippen LogP contribution < -0.4 is 0 Å². The van der Waals surface area contributed by atoms with Gasteiger partial charge in [0.15, 0.2) is 5.82 Å². The van der Waals surface area contributed by atoms with Crippen molar-refractivity contribution in [2.24, 2.45) is 0 Å². The summed E-state index contributed by atoms with van der Waals surface area (Å²) in [5.41, 5.74) is 11.5. The number of fused-ring (bicyclic) bond motifs is 1. The van der Waals surface area contributed by atoms with Crippen LogP contribution in [0.15, 0.2) is 164 Å². The van der Waals surface area contributed by atoms with E-state index in [0.29, 0.717) is 5.82 Å². The van der Waals surface area contributed by atoms with Gasteiger partial charge in [0.1, 0.15) is 5.01 Å². The standard InChI is InChI=1S/C41H27N3S/c1-4-13-28(14-5-1)29-23-25-30(26-24-29)36-27-37(43-40(42-36)31-15-6-2-7-16-31)34-20-11-10-19-33(34)35-21-12-22-38-39(35)44-41(45-38)32-17-8-3-9-18-32/h1-27H. The van der Waals surface area contributed by atoms with Crippen LogP contribution in [0.25, 0.3) is 76.9 Å². The molecule has 8 rings (SSSR count). The zero-order chi connectivity index (χ0) is 30.0. The Kier molecular flexibility index (Phi) is 7.02. The third kappa shape index (κ3) is 5.33. The zero-order valence-corrected chi connectivity index (χ0v) is 25.2. The molecule has 0 bridgehead atoms. The van der Waals surface area contributed by atoms with E-state index >= 15 is 0 Å². The lowest BCUT2D eigenvalue weighted by molar-refractivity contribution is 1.18. The highest BCUT2D eigenvalue weighted by Gasteiger charge is 2.17. The van der Waals surface area contributed by atoms with Crippen LogP contribution >= 0.6 is 11.3 Å². The van der Waals surface area contributed by atoms with Crippen molar-refractivity contribution in [1.29, 1.82) is 0 Å². The van der Waals surface area contributed by atoms with Gasteiger partial charge in [0.05, 0.1) is 21.6 Å². The summed E-state index contributed by atoms with van der Waals surface area (Å²) < 4.78 is 1.16. The maximum atomic E-state index is 5.15. The second-order valence-corrected chi connectivity index (χ2v) is 11.9. The van der Waals surface area contributed by atoms with Crippen molar-refractivity contribution in [1.82, 2.24) is 15.0 Å². The largest absolute Gasteiger partial charge is 0.235 e. The van der Waals surface area contributed by atoms with E-state index in [1.54, 1.807) is 11.3 Å². The SMILES string of the molecule is c1ccc(-c2ccc(-c3cc(-c4ccccc4-c4cccc5sc(-c6ccccc6)nc45)nc(-c4ccccc4)n3)cc2)cc1. The average Bonchev–Trinajstić information content (AvgIpc) is 3.58. The van der Waals surface area contributed by atoms with Crippen LogP contribution in [0, 0.1) is 0 Å². The van der Waals surface area contributed by atoms with E-state index in [0.717, 1.165) is 60.0 Å². The van der Waals surface area contributed by atoms with Crippen LogP contribution in [0.4, 0.5) is 0 Å². The Morgan fingerprint density at radius 3 is 1.60 bits per heavy atom. The molecule has 2 heterocycles. The highest BCUT2D eigenvalue weighted by molar-refractivity contribution is 7.21. The van der Waals surface area contributed by atoms with Crippen molar-refractivity contribution >= 4 is 21.6 Å². The molecule has 45 heavy (non-hydrogen) atoms. The average molecular weight is 594 g/mol. The first-order chi connectivity index (χ1) is 22.3. The molecule has 0 aliphatic heterocycles. The molecule has 3 nitrogen and oxygen atoms in total. The first-order valence-corrected chi connectivity index (χ1v) is 15.8. The van der Waals surface area contributed by atoms with Gasteiger partial charge in [-0.05, 0) is 28.8 Å². The second kappa shape index (κ2) is 11.8. The summed E-state index contributed by atoms with van der Waals surface area (Å²) in [6.45, 7) is 0. The molecule has 0 aliphatic carbocycles. The third-order valence-electron chi connectivity index (χ3n) is 7.98. The minimum Gasteiger partial charge on any atom is -0.235 e. The van der Waals surface area contributed by atoms with E-state index in [1.807, 2.05) is 30.3 Å². The van der Waals surface area contributed by atoms with Crippen LogP contribution in [-0.4, -0.2) is 15.0 Å². The molecule has 2 aromatic heterocycles. The molecule has 4 heteroatoms. The Morgan fingerprint density at radius 1 is 0.356 bits per heavy atom. The highest BCUT2D eigenvalue weighted by Crippen LogP contribution is 2.40. The van der Waals surface area contributed by atoms with Crippen LogP contribution in [0.3, 0.4) is 0 Å². The molecule has 0 unspecified atom stereocenters. The van der Waals surface area contributed by atoms with Gasteiger partial charge in [-0.25, -0.2) is 15.0 Å². The second-order valence-electron chi connectivity index (χ2n) is 10.9. The topological polar surface area (TPSA) is 38.7 Å². The van der Waals surface area contributed by atoms with Gasteiger partial charge >= 0.3 is 0 Å². The smallest absolute Gasteiger partial charge is 0.160 e. The lowest BCUT2D eigenvalue weighted by Gasteiger charge is -2.13. The normalized spacial score (nSPS) is 11.1. The minimum atomic E-state index is 0.697. The molecule has 0 N–H and O–H groups in total. The summed E-state index contributed by atoms with van der Waals surface area (Å²) in [6, 6.07) is 56.7. The number of rotatable bonds is 6. The Morgan fingerprint density at radius 2 is 0.889 bits per heavy atom. The minimum absolute atomic E-state index is 0.697. The van der Waals surface area contributed by atoms with Crippen molar-refractivity contribution in [3.05, 3.63) is 164 Å². The summed E-state index contributed by atoms with van der Waals surface area (Å²) >= 11 is 1.72. The highest BCUT2D eigenvalue weighted by atomic mass is 32.1. The van der Waals surface area contributed by atoms with Gasteiger partial charge in [-0.3, -0.25) is 0 Å². The first kappa shape index (κ1) is 26.9. The number of thiazole rings is 1. The van der Waals surface area contributed by atoms with Gasteiger partial charge in [-0.15, -0.1) is 11.3 Å². The predicted octanol–water partition coefficient (Wildman–Crippen LogP) is 11.1. The molecule has 0 aliphatic rings. The fraction of sp³-hybridized carbons (Fsp3) is 0. The zero-order valence-electron chi connectivity index (χ0n) is 24.3. The van der Waals surface area contributed by atoms with Crippen LogP contribution in [0.1, 0.15) is 0 Å². The molecule has 0 atom stereocenters. The summed E-state index contributed by atoms with van der Waals surface area (Å²) in [6.07, 6.45) is 0. The van der Waals surface area contributed by atoms with Crippen molar-refractivity contribution in [3.63, 3.8) is 0 Å². The quantitative estimate of drug-likeness (QED) is 0.192. The molecule has 0 fully saturated rings. The predicted molar refractivity (Wildman–Crippen MR) is 188 cm³/mol. The van der Waals surface area contributed by atoms with E-state index in [-0.39, 0.29) is 0 Å². The Bertz CT molecular complexity index is 2240. The molecule has 6 aromatic carbocycles. The number of aromatic nitrogens is 3. The van der Waals surface area contributed by atoms with Crippen molar-refractivity contribution in [3.8, 4) is 66.7 Å². The van der Waals surface area contributed by atoms with E-state index in [9.17, 15) is 0 Å². The molecule has 0 saturated carbocycles. The summed E-state index contributed by atoms with van der Waals surface area (Å²) in [7, 11) is 0. The molecule has 8 aromatic rings.